The van der Waals surface area contributed by atoms with Crippen molar-refractivity contribution >= 4 is 23.2 Å². The van der Waals surface area contributed by atoms with Crippen LogP contribution in [0.25, 0.3) is 0 Å². The molecule has 3 aromatic rings. The molecule has 182 valence electrons. The molecule has 2 N–H and O–H groups in total. The van der Waals surface area contributed by atoms with Gasteiger partial charge in [0.25, 0.3) is 11.6 Å². The lowest BCUT2D eigenvalue weighted by Crippen LogP contribution is -2.40. The second-order valence-electron chi connectivity index (χ2n) is 7.83. The third kappa shape index (κ3) is 6.83. The lowest BCUT2D eigenvalue weighted by Gasteiger charge is -2.21. The van der Waals surface area contributed by atoms with E-state index < -0.39 is 16.7 Å². The Labute approximate surface area is 202 Å². The minimum atomic E-state index is -0.560. The maximum atomic E-state index is 13.0. The van der Waals surface area contributed by atoms with Gasteiger partial charge in [0.05, 0.1) is 23.2 Å². The molecule has 0 aliphatic carbocycles. The van der Waals surface area contributed by atoms with Gasteiger partial charge in [-0.05, 0) is 55.8 Å². The Bertz CT molecular complexity index is 1190. The van der Waals surface area contributed by atoms with Gasteiger partial charge in [-0.1, -0.05) is 18.2 Å². The smallest absolute Gasteiger partial charge is 0.293 e. The molecule has 0 saturated carbocycles. The van der Waals surface area contributed by atoms with Crippen LogP contribution >= 0.6 is 0 Å². The topological polar surface area (TPSA) is 117 Å². The molecule has 2 amide bonds. The van der Waals surface area contributed by atoms with Crippen LogP contribution in [0.1, 0.15) is 41.5 Å². The number of nitro groups is 1. The molecule has 0 spiro atoms. The van der Waals surface area contributed by atoms with E-state index >= 15 is 0 Å². The molecule has 1 aromatic heterocycles. The van der Waals surface area contributed by atoms with Gasteiger partial charge < -0.3 is 15.5 Å². The number of aromatic nitrogens is 1. The summed E-state index contributed by atoms with van der Waals surface area (Å²) in [6.45, 7) is 3.73. The van der Waals surface area contributed by atoms with Crippen molar-refractivity contribution in [1.29, 1.82) is 0 Å². The first-order valence-corrected chi connectivity index (χ1v) is 11.0. The predicted octanol–water partition coefficient (Wildman–Crippen LogP) is 4.08. The fourth-order valence-electron chi connectivity index (χ4n) is 3.42. The number of likely N-dealkylation sites (N-methyl/N-ethyl adjacent to an activating group) is 1. The second-order valence-corrected chi connectivity index (χ2v) is 7.83. The standard InChI is InChI=1S/C25H26FN5O4/c1-3-30(16-24(32)28-15-18-7-10-20(26)11-8-18)25(33)19-9-12-22(23(14-19)31(34)35)29-17(2)21-6-4-5-13-27-21/h4-14,17,29H,3,15-16H2,1-2H3,(H,28,32). The summed E-state index contributed by atoms with van der Waals surface area (Å²) in [4.78, 5) is 42.1. The van der Waals surface area contributed by atoms with Gasteiger partial charge in [-0.3, -0.25) is 24.7 Å². The largest absolute Gasteiger partial charge is 0.371 e. The molecule has 10 heteroatoms. The van der Waals surface area contributed by atoms with Gasteiger partial charge in [-0.2, -0.15) is 0 Å². The number of pyridine rings is 1. The number of hydrogen-bond donors (Lipinski definition) is 2. The highest BCUT2D eigenvalue weighted by Gasteiger charge is 2.23. The Kier molecular flexibility index (Phi) is 8.44. The number of nitrogens with zero attached hydrogens (tertiary/aromatic N) is 3. The maximum Gasteiger partial charge on any atom is 0.293 e. The van der Waals surface area contributed by atoms with Crippen molar-refractivity contribution in [2.45, 2.75) is 26.4 Å². The normalized spacial score (nSPS) is 11.4. The summed E-state index contributed by atoms with van der Waals surface area (Å²) in [6, 6.07) is 15.0. The number of benzene rings is 2. The summed E-state index contributed by atoms with van der Waals surface area (Å²) in [5.41, 5.74) is 1.53. The van der Waals surface area contributed by atoms with Crippen LogP contribution in [0.5, 0.6) is 0 Å². The molecule has 0 saturated heterocycles. The number of anilines is 1. The number of halogens is 1. The Hall–Kier alpha value is -4.34. The van der Waals surface area contributed by atoms with Crippen molar-refractivity contribution < 1.29 is 18.9 Å². The quantitative estimate of drug-likeness (QED) is 0.334. The Morgan fingerprint density at radius 2 is 1.89 bits per heavy atom. The van der Waals surface area contributed by atoms with Crippen molar-refractivity contribution in [3.05, 3.63) is 99.6 Å². The predicted molar refractivity (Wildman–Crippen MR) is 129 cm³/mol. The van der Waals surface area contributed by atoms with Crippen LogP contribution in [-0.2, 0) is 11.3 Å². The zero-order valence-corrected chi connectivity index (χ0v) is 19.4. The minimum absolute atomic E-state index is 0.0981. The number of carbonyl (C=O) groups is 2. The number of nitro benzene ring substituents is 1. The van der Waals surface area contributed by atoms with Gasteiger partial charge in [-0.25, -0.2) is 4.39 Å². The third-order valence-corrected chi connectivity index (χ3v) is 5.35. The number of carbonyl (C=O) groups excluding carboxylic acids is 2. The summed E-state index contributed by atoms with van der Waals surface area (Å²) in [5, 5.41) is 17.5. The zero-order valence-electron chi connectivity index (χ0n) is 19.4. The van der Waals surface area contributed by atoms with E-state index in [4.69, 9.17) is 0 Å². The van der Waals surface area contributed by atoms with Crippen molar-refractivity contribution in [1.82, 2.24) is 15.2 Å². The van der Waals surface area contributed by atoms with Crippen LogP contribution < -0.4 is 10.6 Å². The molecular formula is C25H26FN5O4. The van der Waals surface area contributed by atoms with E-state index in [-0.39, 0.29) is 48.4 Å². The van der Waals surface area contributed by atoms with Crippen LogP contribution in [0.15, 0.2) is 66.9 Å². The Balaban J connectivity index is 1.69. The molecule has 1 atom stereocenters. The summed E-state index contributed by atoms with van der Waals surface area (Å²) in [5.74, 6) is -1.28. The van der Waals surface area contributed by atoms with Crippen LogP contribution in [0.2, 0.25) is 0 Å². The summed E-state index contributed by atoms with van der Waals surface area (Å²) in [7, 11) is 0. The molecule has 0 aliphatic heterocycles. The fraction of sp³-hybridized carbons (Fsp3) is 0.240. The van der Waals surface area contributed by atoms with Gasteiger partial charge in [0.2, 0.25) is 5.91 Å². The van der Waals surface area contributed by atoms with Gasteiger partial charge in [0.15, 0.2) is 0 Å². The van der Waals surface area contributed by atoms with Crippen LogP contribution in [0.3, 0.4) is 0 Å². The van der Waals surface area contributed by atoms with Gasteiger partial charge in [0.1, 0.15) is 11.5 Å². The molecular weight excluding hydrogens is 453 g/mol. The lowest BCUT2D eigenvalue weighted by molar-refractivity contribution is -0.384. The first-order valence-electron chi connectivity index (χ1n) is 11.0. The molecule has 1 heterocycles. The third-order valence-electron chi connectivity index (χ3n) is 5.35. The van der Waals surface area contributed by atoms with E-state index in [1.54, 1.807) is 31.3 Å². The molecule has 0 radical (unpaired) electrons. The first-order chi connectivity index (χ1) is 16.8. The van der Waals surface area contributed by atoms with E-state index in [0.29, 0.717) is 11.3 Å². The van der Waals surface area contributed by atoms with Crippen LogP contribution in [0.4, 0.5) is 15.8 Å². The molecule has 9 nitrogen and oxygen atoms in total. The molecule has 0 bridgehead atoms. The number of nitrogens with one attached hydrogen (secondary N) is 2. The number of rotatable bonds is 10. The highest BCUT2D eigenvalue weighted by atomic mass is 19.1. The average molecular weight is 480 g/mol. The summed E-state index contributed by atoms with van der Waals surface area (Å²) < 4.78 is 13.0. The van der Waals surface area contributed by atoms with E-state index in [9.17, 15) is 24.1 Å². The molecule has 35 heavy (non-hydrogen) atoms. The first kappa shape index (κ1) is 25.3. The minimum Gasteiger partial charge on any atom is -0.371 e. The van der Waals surface area contributed by atoms with Gasteiger partial charge >= 0.3 is 0 Å². The Morgan fingerprint density at radius 1 is 1.14 bits per heavy atom. The van der Waals surface area contributed by atoms with E-state index in [0.717, 1.165) is 0 Å². The fourth-order valence-corrected chi connectivity index (χ4v) is 3.42. The van der Waals surface area contributed by atoms with Crippen molar-refractivity contribution in [3.63, 3.8) is 0 Å². The van der Waals surface area contributed by atoms with E-state index in [2.05, 4.69) is 15.6 Å². The molecule has 1 unspecified atom stereocenters. The van der Waals surface area contributed by atoms with E-state index in [1.807, 2.05) is 19.1 Å². The summed E-state index contributed by atoms with van der Waals surface area (Å²) in [6.07, 6.45) is 1.64. The second kappa shape index (κ2) is 11.7. The monoisotopic (exact) mass is 479 g/mol. The Morgan fingerprint density at radius 3 is 2.51 bits per heavy atom. The van der Waals surface area contributed by atoms with Crippen LogP contribution in [-0.4, -0.2) is 39.7 Å². The highest BCUT2D eigenvalue weighted by molar-refractivity contribution is 5.97. The summed E-state index contributed by atoms with van der Waals surface area (Å²) >= 11 is 0. The number of hydrogen-bond acceptors (Lipinski definition) is 6. The van der Waals surface area contributed by atoms with Crippen molar-refractivity contribution in [2.75, 3.05) is 18.4 Å². The molecule has 3 rings (SSSR count). The van der Waals surface area contributed by atoms with E-state index in [1.165, 1.54) is 35.2 Å². The zero-order chi connectivity index (χ0) is 25.4. The molecule has 2 aromatic carbocycles. The molecule has 0 fully saturated rings. The van der Waals surface area contributed by atoms with Crippen molar-refractivity contribution in [2.24, 2.45) is 0 Å². The van der Waals surface area contributed by atoms with Gasteiger partial charge in [-0.15, -0.1) is 0 Å². The van der Waals surface area contributed by atoms with Crippen molar-refractivity contribution in [3.8, 4) is 0 Å². The average Bonchev–Trinajstić information content (AvgIpc) is 2.87. The SMILES string of the molecule is CCN(CC(=O)NCc1ccc(F)cc1)C(=O)c1ccc(NC(C)c2ccccn2)c([N+](=O)[O-])c1. The van der Waals surface area contributed by atoms with Crippen LogP contribution in [0, 0.1) is 15.9 Å². The highest BCUT2D eigenvalue weighted by Crippen LogP contribution is 2.29. The maximum absolute atomic E-state index is 13.0. The lowest BCUT2D eigenvalue weighted by atomic mass is 10.1. The molecule has 0 aliphatic rings. The van der Waals surface area contributed by atoms with Gasteiger partial charge in [0, 0.05) is 30.9 Å². The number of amides is 2.